The predicted molar refractivity (Wildman–Crippen MR) is 37.7 cm³/mol. The van der Waals surface area contributed by atoms with Gasteiger partial charge < -0.3 is 4.90 Å². The highest BCUT2D eigenvalue weighted by Gasteiger charge is 1.82. The molecule has 0 spiro atoms. The molecule has 0 aliphatic rings. The molecule has 0 amide bonds. The highest BCUT2D eigenvalue weighted by atomic mass is 32.4. The van der Waals surface area contributed by atoms with Crippen LogP contribution in [0.2, 0.25) is 0 Å². The van der Waals surface area contributed by atoms with Gasteiger partial charge in [0.15, 0.2) is 0 Å². The van der Waals surface area contributed by atoms with Gasteiger partial charge in [-0.15, -0.1) is 0 Å². The van der Waals surface area contributed by atoms with Crippen molar-refractivity contribution in [3.05, 3.63) is 0 Å². The van der Waals surface area contributed by atoms with E-state index in [0.717, 1.165) is 20.1 Å². The molecule has 0 N–H and O–H groups in total. The van der Waals surface area contributed by atoms with E-state index in [1.165, 1.54) is 0 Å². The molecule has 0 aliphatic carbocycles. The summed E-state index contributed by atoms with van der Waals surface area (Å²) in [5.74, 6) is 0. The lowest BCUT2D eigenvalue weighted by molar-refractivity contribution is 0.437. The largest absolute Gasteiger partial charge is 0.309 e. The summed E-state index contributed by atoms with van der Waals surface area (Å²) >= 11 is 4.72. The molecular formula is C4H10NPS. The monoisotopic (exact) mass is 135 g/mol. The third-order valence-electron chi connectivity index (χ3n) is 0.639. The third kappa shape index (κ3) is 6.48. The van der Waals surface area contributed by atoms with Crippen molar-refractivity contribution in [1.82, 2.24) is 4.90 Å². The molecule has 0 rings (SSSR count). The minimum atomic E-state index is 1.08. The van der Waals surface area contributed by atoms with Crippen LogP contribution in [0.1, 0.15) is 0 Å². The van der Waals surface area contributed by atoms with Gasteiger partial charge in [0.05, 0.1) is 0 Å². The Hall–Kier alpha value is 0.480. The summed E-state index contributed by atoms with van der Waals surface area (Å²) in [5.41, 5.74) is 0. The first-order valence-electron chi connectivity index (χ1n) is 2.21. The van der Waals surface area contributed by atoms with E-state index in [0.29, 0.717) is 0 Å². The van der Waals surface area contributed by atoms with Gasteiger partial charge in [-0.3, -0.25) is 0 Å². The van der Waals surface area contributed by atoms with Crippen LogP contribution in [-0.2, 0) is 11.8 Å². The van der Waals surface area contributed by atoms with Gasteiger partial charge in [0, 0.05) is 12.7 Å². The molecule has 0 aliphatic heterocycles. The molecule has 0 fully saturated rings. The lowest BCUT2D eigenvalue weighted by Gasteiger charge is -2.03. The quantitative estimate of drug-likeness (QED) is 0.530. The van der Waals surface area contributed by atoms with Gasteiger partial charge in [-0.05, 0) is 21.5 Å². The van der Waals surface area contributed by atoms with Gasteiger partial charge in [0.2, 0.25) is 0 Å². The zero-order valence-corrected chi connectivity index (χ0v) is 6.43. The maximum absolute atomic E-state index is 4.72. The smallest absolute Gasteiger partial charge is 0.0126 e. The van der Waals surface area contributed by atoms with Gasteiger partial charge in [-0.2, -0.15) is 0 Å². The summed E-state index contributed by atoms with van der Waals surface area (Å²) in [7, 11) is 5.19. The van der Waals surface area contributed by atoms with Crippen LogP contribution in [0, 0.1) is 0 Å². The highest BCUT2D eigenvalue weighted by Crippen LogP contribution is 1.89. The van der Waals surface area contributed by atoms with Crippen LogP contribution in [-0.4, -0.2) is 31.7 Å². The molecule has 0 atom stereocenters. The van der Waals surface area contributed by atoms with Crippen molar-refractivity contribution in [1.29, 1.82) is 0 Å². The van der Waals surface area contributed by atoms with Gasteiger partial charge in [-0.1, -0.05) is 11.8 Å². The zero-order valence-electron chi connectivity index (χ0n) is 4.72. The van der Waals surface area contributed by atoms with Crippen LogP contribution >= 0.6 is 7.36 Å². The van der Waals surface area contributed by atoms with E-state index >= 15 is 0 Å². The predicted octanol–water partition coefficient (Wildman–Crippen LogP) is 0.956. The van der Waals surface area contributed by atoms with Crippen molar-refractivity contribution < 1.29 is 0 Å². The van der Waals surface area contributed by atoms with Crippen LogP contribution in [0.25, 0.3) is 0 Å². The Kier molecular flexibility index (Phi) is 4.95. The Labute approximate surface area is 51.5 Å². The summed E-state index contributed by atoms with van der Waals surface area (Å²) in [6.07, 6.45) is 1.11. The maximum atomic E-state index is 4.72. The van der Waals surface area contributed by atoms with E-state index in [-0.39, 0.29) is 0 Å². The molecular weight excluding hydrogens is 125 g/mol. The number of rotatable bonds is 3. The van der Waals surface area contributed by atoms with Crippen molar-refractivity contribution in [2.45, 2.75) is 0 Å². The Balaban J connectivity index is 2.81. The van der Waals surface area contributed by atoms with Crippen LogP contribution in [0.5, 0.6) is 0 Å². The summed E-state index contributed by atoms with van der Waals surface area (Å²) in [4.78, 5) is 2.14. The van der Waals surface area contributed by atoms with Crippen LogP contribution in [0.3, 0.4) is 0 Å². The highest BCUT2D eigenvalue weighted by molar-refractivity contribution is 7.96. The van der Waals surface area contributed by atoms with E-state index in [9.17, 15) is 0 Å². The standard InChI is InChI=1S/C4H10NPS/c1-5(2)3-4-6-7/h3-4H2,1-2H3. The Morgan fingerprint density at radius 1 is 1.57 bits per heavy atom. The normalized spacial score (nSPS) is 10.7. The van der Waals surface area contributed by atoms with Crippen LogP contribution < -0.4 is 0 Å². The molecule has 0 aromatic carbocycles. The first kappa shape index (κ1) is 7.48. The second-order valence-electron chi connectivity index (χ2n) is 1.66. The molecule has 0 bridgehead atoms. The molecule has 0 unspecified atom stereocenters. The van der Waals surface area contributed by atoms with Gasteiger partial charge in [0.25, 0.3) is 0 Å². The average Bonchev–Trinajstić information content (AvgIpc) is 1.61. The number of hydrogen-bond donors (Lipinski definition) is 0. The molecule has 0 aromatic heterocycles. The maximum Gasteiger partial charge on any atom is 0.0126 e. The minimum absolute atomic E-state index is 1.08. The van der Waals surface area contributed by atoms with Crippen LogP contribution in [0.4, 0.5) is 0 Å². The van der Waals surface area contributed by atoms with Crippen LogP contribution in [0.15, 0.2) is 0 Å². The Morgan fingerprint density at radius 3 is 2.29 bits per heavy atom. The van der Waals surface area contributed by atoms with Gasteiger partial charge in [-0.25, -0.2) is 0 Å². The van der Waals surface area contributed by atoms with E-state index < -0.39 is 0 Å². The topological polar surface area (TPSA) is 3.24 Å². The lowest BCUT2D eigenvalue weighted by atomic mass is 10.7. The molecule has 0 saturated heterocycles. The molecule has 42 valence electrons. The van der Waals surface area contributed by atoms with E-state index in [1.807, 2.05) is 0 Å². The SMILES string of the molecule is CN(C)CCP=S. The Bertz CT molecular complexity index is 55.7. The summed E-state index contributed by atoms with van der Waals surface area (Å²) in [6, 6.07) is 0. The summed E-state index contributed by atoms with van der Waals surface area (Å²) < 4.78 is 0. The average molecular weight is 135 g/mol. The molecule has 0 heterocycles. The van der Waals surface area contributed by atoms with Crippen molar-refractivity contribution in [2.75, 3.05) is 26.8 Å². The van der Waals surface area contributed by atoms with E-state index in [2.05, 4.69) is 19.0 Å². The second kappa shape index (κ2) is 4.63. The molecule has 0 saturated carbocycles. The summed E-state index contributed by atoms with van der Waals surface area (Å²) in [6.45, 7) is 1.12. The van der Waals surface area contributed by atoms with Gasteiger partial charge >= 0.3 is 0 Å². The van der Waals surface area contributed by atoms with Crippen molar-refractivity contribution in [3.8, 4) is 0 Å². The minimum Gasteiger partial charge on any atom is -0.309 e. The van der Waals surface area contributed by atoms with Gasteiger partial charge in [0.1, 0.15) is 0 Å². The third-order valence-corrected chi connectivity index (χ3v) is 1.57. The molecule has 3 heteroatoms. The number of hydrogen-bond acceptors (Lipinski definition) is 2. The fourth-order valence-corrected chi connectivity index (χ4v) is 0.967. The molecule has 7 heavy (non-hydrogen) atoms. The van der Waals surface area contributed by atoms with E-state index in [1.54, 1.807) is 0 Å². The molecule has 0 radical (unpaired) electrons. The first-order valence-corrected chi connectivity index (χ1v) is 4.30. The van der Waals surface area contributed by atoms with Crippen molar-refractivity contribution >= 4 is 19.2 Å². The van der Waals surface area contributed by atoms with Crippen molar-refractivity contribution in [3.63, 3.8) is 0 Å². The van der Waals surface area contributed by atoms with E-state index in [4.69, 9.17) is 11.8 Å². The fourth-order valence-electron chi connectivity index (χ4n) is 0.241. The molecule has 1 nitrogen and oxygen atoms in total. The lowest BCUT2D eigenvalue weighted by Crippen LogP contribution is -2.13. The summed E-state index contributed by atoms with van der Waals surface area (Å²) in [5, 5.41) is 0. The fraction of sp³-hybridized carbons (Fsp3) is 1.00. The van der Waals surface area contributed by atoms with Crippen molar-refractivity contribution in [2.24, 2.45) is 0 Å². The second-order valence-corrected chi connectivity index (χ2v) is 3.14. The first-order chi connectivity index (χ1) is 3.27. The zero-order chi connectivity index (χ0) is 5.70. The molecule has 0 aromatic rings. The number of nitrogens with zero attached hydrogens (tertiary/aromatic N) is 1. The Morgan fingerprint density at radius 2 is 2.14 bits per heavy atom.